The number of carbonyl (C=O) groups excluding carboxylic acids is 1. The number of ether oxygens (including phenoxy) is 1. The predicted molar refractivity (Wildman–Crippen MR) is 82.9 cm³/mol. The zero-order valence-corrected chi connectivity index (χ0v) is 12.4. The van der Waals surface area contributed by atoms with Crippen molar-refractivity contribution in [2.45, 2.75) is 32.2 Å². The highest BCUT2D eigenvalue weighted by atomic mass is 16.5. The summed E-state index contributed by atoms with van der Waals surface area (Å²) in [5.41, 5.74) is 1.99. The van der Waals surface area contributed by atoms with Gasteiger partial charge < -0.3 is 14.6 Å². The van der Waals surface area contributed by atoms with Crippen LogP contribution >= 0.6 is 0 Å². The van der Waals surface area contributed by atoms with Gasteiger partial charge in [-0.05, 0) is 30.9 Å². The molecule has 5 nitrogen and oxygen atoms in total. The van der Waals surface area contributed by atoms with Gasteiger partial charge in [0.05, 0.1) is 12.3 Å². The second-order valence-corrected chi connectivity index (χ2v) is 5.96. The molecule has 4 rings (SSSR count). The van der Waals surface area contributed by atoms with E-state index >= 15 is 0 Å². The fraction of sp³-hybridized carbons (Fsp3) is 0.412. The van der Waals surface area contributed by atoms with E-state index in [4.69, 9.17) is 4.74 Å². The molecule has 0 fully saturated rings. The SMILES string of the molecule is O=C(Nc1cccc2c1OCCC2)[C@H]1CCn2ccnc2C1. The number of nitrogens with one attached hydrogen (secondary N) is 1. The molecular formula is C17H19N3O2. The summed E-state index contributed by atoms with van der Waals surface area (Å²) >= 11 is 0. The molecular weight excluding hydrogens is 278 g/mol. The standard InChI is InChI=1S/C17H19N3O2/c21-17(13-6-8-20-9-7-18-15(20)11-13)19-14-5-1-3-12-4-2-10-22-16(12)14/h1,3,5,7,9,13H,2,4,6,8,10-11H2,(H,19,21)/t13-/m0/s1. The number of rotatable bonds is 2. The van der Waals surface area contributed by atoms with Crippen molar-refractivity contribution in [2.75, 3.05) is 11.9 Å². The zero-order chi connectivity index (χ0) is 14.9. The van der Waals surface area contributed by atoms with Crippen molar-refractivity contribution >= 4 is 11.6 Å². The lowest BCUT2D eigenvalue weighted by Gasteiger charge is -2.24. The maximum absolute atomic E-state index is 12.6. The summed E-state index contributed by atoms with van der Waals surface area (Å²) in [5, 5.41) is 3.06. The molecule has 0 unspecified atom stereocenters. The fourth-order valence-corrected chi connectivity index (χ4v) is 3.30. The molecule has 1 aromatic carbocycles. The van der Waals surface area contributed by atoms with Crippen molar-refractivity contribution < 1.29 is 9.53 Å². The lowest BCUT2D eigenvalue weighted by Crippen LogP contribution is -2.30. The van der Waals surface area contributed by atoms with Crippen LogP contribution in [0.2, 0.25) is 0 Å². The molecule has 2 aliphatic heterocycles. The smallest absolute Gasteiger partial charge is 0.228 e. The molecule has 5 heteroatoms. The second-order valence-electron chi connectivity index (χ2n) is 5.96. The number of hydrogen-bond donors (Lipinski definition) is 1. The van der Waals surface area contributed by atoms with E-state index in [9.17, 15) is 4.79 Å². The van der Waals surface area contributed by atoms with E-state index in [2.05, 4.69) is 20.9 Å². The van der Waals surface area contributed by atoms with E-state index in [0.29, 0.717) is 6.42 Å². The van der Waals surface area contributed by atoms with Crippen LogP contribution in [0.1, 0.15) is 24.2 Å². The van der Waals surface area contributed by atoms with Gasteiger partial charge in [-0.1, -0.05) is 12.1 Å². The molecule has 1 N–H and O–H groups in total. The first kappa shape index (κ1) is 13.4. The summed E-state index contributed by atoms with van der Waals surface area (Å²) in [6.07, 6.45) is 7.39. The van der Waals surface area contributed by atoms with Gasteiger partial charge in [-0.25, -0.2) is 4.98 Å². The second kappa shape index (κ2) is 5.48. The quantitative estimate of drug-likeness (QED) is 0.926. The van der Waals surface area contributed by atoms with Gasteiger partial charge in [0.25, 0.3) is 0 Å². The van der Waals surface area contributed by atoms with E-state index < -0.39 is 0 Å². The lowest BCUT2D eigenvalue weighted by atomic mass is 9.96. The molecule has 3 heterocycles. The predicted octanol–water partition coefficient (Wildman–Crippen LogP) is 2.41. The molecule has 0 bridgehead atoms. The number of nitrogens with zero attached hydrogens (tertiary/aromatic N) is 2. The average molecular weight is 297 g/mol. The van der Waals surface area contributed by atoms with Crippen LogP contribution in [0.15, 0.2) is 30.6 Å². The number of anilines is 1. The van der Waals surface area contributed by atoms with Gasteiger partial charge in [0.1, 0.15) is 11.6 Å². The van der Waals surface area contributed by atoms with Gasteiger partial charge in [0.2, 0.25) is 5.91 Å². The van der Waals surface area contributed by atoms with Crippen molar-refractivity contribution in [2.24, 2.45) is 5.92 Å². The Morgan fingerprint density at radius 2 is 2.36 bits per heavy atom. The third-order valence-corrected chi connectivity index (χ3v) is 4.51. The van der Waals surface area contributed by atoms with Crippen LogP contribution in [0.5, 0.6) is 5.75 Å². The highest BCUT2D eigenvalue weighted by molar-refractivity contribution is 5.94. The van der Waals surface area contributed by atoms with Crippen LogP contribution in [0.25, 0.3) is 0 Å². The van der Waals surface area contributed by atoms with Crippen LogP contribution in [0, 0.1) is 5.92 Å². The number of amides is 1. The molecule has 114 valence electrons. The highest BCUT2D eigenvalue weighted by Gasteiger charge is 2.26. The molecule has 2 aromatic rings. The van der Waals surface area contributed by atoms with Gasteiger partial charge in [-0.3, -0.25) is 4.79 Å². The Labute approximate surface area is 129 Å². The van der Waals surface area contributed by atoms with Crippen molar-refractivity contribution in [1.82, 2.24) is 9.55 Å². The maximum Gasteiger partial charge on any atom is 0.228 e. The van der Waals surface area contributed by atoms with Crippen molar-refractivity contribution in [3.05, 3.63) is 42.0 Å². The number of imidazole rings is 1. The van der Waals surface area contributed by atoms with Crippen LogP contribution < -0.4 is 10.1 Å². The average Bonchev–Trinajstić information content (AvgIpc) is 3.02. The third-order valence-electron chi connectivity index (χ3n) is 4.51. The first-order valence-electron chi connectivity index (χ1n) is 7.87. The molecule has 0 aliphatic carbocycles. The fourth-order valence-electron chi connectivity index (χ4n) is 3.30. The number of aromatic nitrogens is 2. The summed E-state index contributed by atoms with van der Waals surface area (Å²) in [6, 6.07) is 5.98. The van der Waals surface area contributed by atoms with E-state index in [1.165, 1.54) is 5.56 Å². The Morgan fingerprint density at radius 3 is 3.32 bits per heavy atom. The number of hydrogen-bond acceptors (Lipinski definition) is 3. The molecule has 1 amide bonds. The minimum atomic E-state index is -0.0191. The largest absolute Gasteiger partial charge is 0.491 e. The Morgan fingerprint density at radius 1 is 1.41 bits per heavy atom. The molecule has 1 aromatic heterocycles. The Bertz CT molecular complexity index is 708. The van der Waals surface area contributed by atoms with Crippen LogP contribution in [-0.4, -0.2) is 22.1 Å². The number of carbonyl (C=O) groups is 1. The summed E-state index contributed by atoms with van der Waals surface area (Å²) in [4.78, 5) is 16.9. The molecule has 1 atom stereocenters. The van der Waals surface area contributed by atoms with Gasteiger partial charge in [0, 0.05) is 31.3 Å². The first-order valence-corrected chi connectivity index (χ1v) is 7.87. The first-order chi connectivity index (χ1) is 10.8. The van der Waals surface area contributed by atoms with Gasteiger partial charge in [-0.15, -0.1) is 0 Å². The van der Waals surface area contributed by atoms with Gasteiger partial charge in [0.15, 0.2) is 0 Å². The normalized spacial score (nSPS) is 19.7. The van der Waals surface area contributed by atoms with Crippen LogP contribution in [0.4, 0.5) is 5.69 Å². The Balaban J connectivity index is 1.51. The Kier molecular flexibility index (Phi) is 3.33. The summed E-state index contributed by atoms with van der Waals surface area (Å²) in [6.45, 7) is 1.58. The molecule has 2 aliphatic rings. The number of benzene rings is 1. The van der Waals surface area contributed by atoms with Crippen molar-refractivity contribution in [1.29, 1.82) is 0 Å². The summed E-state index contributed by atoms with van der Waals surface area (Å²) < 4.78 is 7.88. The number of aryl methyl sites for hydroxylation is 2. The summed E-state index contributed by atoms with van der Waals surface area (Å²) in [5.74, 6) is 1.89. The molecule has 0 radical (unpaired) electrons. The molecule has 0 saturated carbocycles. The van der Waals surface area contributed by atoms with E-state index in [0.717, 1.165) is 49.7 Å². The molecule has 22 heavy (non-hydrogen) atoms. The monoisotopic (exact) mass is 297 g/mol. The topological polar surface area (TPSA) is 56.1 Å². The molecule has 0 spiro atoms. The third kappa shape index (κ3) is 2.36. The minimum absolute atomic E-state index is 0.0191. The molecule has 0 saturated heterocycles. The Hall–Kier alpha value is -2.30. The van der Waals surface area contributed by atoms with Gasteiger partial charge >= 0.3 is 0 Å². The van der Waals surface area contributed by atoms with E-state index in [1.54, 1.807) is 6.20 Å². The van der Waals surface area contributed by atoms with Crippen molar-refractivity contribution in [3.63, 3.8) is 0 Å². The number of fused-ring (bicyclic) bond motifs is 2. The zero-order valence-electron chi connectivity index (χ0n) is 12.4. The van der Waals surface area contributed by atoms with Crippen LogP contribution in [-0.2, 0) is 24.2 Å². The highest BCUT2D eigenvalue weighted by Crippen LogP contribution is 2.33. The number of para-hydroxylation sites is 1. The van der Waals surface area contributed by atoms with Gasteiger partial charge in [-0.2, -0.15) is 0 Å². The minimum Gasteiger partial charge on any atom is -0.491 e. The maximum atomic E-state index is 12.6. The summed E-state index contributed by atoms with van der Waals surface area (Å²) in [7, 11) is 0. The lowest BCUT2D eigenvalue weighted by molar-refractivity contribution is -0.120. The van der Waals surface area contributed by atoms with E-state index in [-0.39, 0.29) is 11.8 Å². The van der Waals surface area contributed by atoms with Crippen molar-refractivity contribution in [3.8, 4) is 5.75 Å². The van der Waals surface area contributed by atoms with E-state index in [1.807, 2.05) is 18.3 Å². The van der Waals surface area contributed by atoms with Crippen LogP contribution in [0.3, 0.4) is 0 Å².